The van der Waals surface area contributed by atoms with Gasteiger partial charge in [-0.25, -0.2) is 0 Å². The molecular weight excluding hydrogens is 306 g/mol. The molecule has 5 nitrogen and oxygen atoms in total. The fraction of sp³-hybridized carbons (Fsp3) is 0.368. The van der Waals surface area contributed by atoms with Gasteiger partial charge in [0.15, 0.2) is 0 Å². The number of aliphatic hydroxyl groups excluding tert-OH is 1. The molecule has 0 saturated carbocycles. The van der Waals surface area contributed by atoms with Crippen molar-refractivity contribution in [3.05, 3.63) is 75.8 Å². The van der Waals surface area contributed by atoms with Gasteiger partial charge in [-0.3, -0.25) is 10.1 Å². The summed E-state index contributed by atoms with van der Waals surface area (Å²) in [6, 6.07) is 16.5. The highest BCUT2D eigenvalue weighted by Gasteiger charge is 2.35. The van der Waals surface area contributed by atoms with Gasteiger partial charge >= 0.3 is 0 Å². The van der Waals surface area contributed by atoms with E-state index in [0.717, 1.165) is 24.0 Å². The van der Waals surface area contributed by atoms with Crippen molar-refractivity contribution in [2.75, 3.05) is 0 Å². The summed E-state index contributed by atoms with van der Waals surface area (Å²) in [5.41, 5.74) is 2.04. The highest BCUT2D eigenvalue weighted by molar-refractivity contribution is 5.34. The molecule has 0 amide bonds. The molecule has 0 bridgehead atoms. The van der Waals surface area contributed by atoms with E-state index in [1.807, 2.05) is 30.3 Å². The van der Waals surface area contributed by atoms with Crippen LogP contribution in [0.1, 0.15) is 43.1 Å². The SMILES string of the molecule is CC(O)C1CCC(c2ccccc2)OC1c1ccc([N+](=O)[O-])cc1. The molecule has 1 N–H and O–H groups in total. The van der Waals surface area contributed by atoms with Gasteiger partial charge in [-0.05, 0) is 43.0 Å². The molecule has 0 aromatic heterocycles. The molecule has 5 heteroatoms. The summed E-state index contributed by atoms with van der Waals surface area (Å²) in [6.07, 6.45) is 0.898. The molecule has 0 spiro atoms. The Morgan fingerprint density at radius 3 is 2.33 bits per heavy atom. The smallest absolute Gasteiger partial charge is 0.269 e. The van der Waals surface area contributed by atoms with E-state index in [2.05, 4.69) is 0 Å². The molecule has 4 unspecified atom stereocenters. The summed E-state index contributed by atoms with van der Waals surface area (Å²) in [5.74, 6) is -0.0218. The highest BCUT2D eigenvalue weighted by atomic mass is 16.6. The van der Waals surface area contributed by atoms with Crippen LogP contribution in [-0.4, -0.2) is 16.1 Å². The van der Waals surface area contributed by atoms with Crippen LogP contribution in [0.4, 0.5) is 5.69 Å². The zero-order valence-corrected chi connectivity index (χ0v) is 13.5. The third-order valence-corrected chi connectivity index (χ3v) is 4.69. The second kappa shape index (κ2) is 7.11. The molecule has 1 saturated heterocycles. The minimum Gasteiger partial charge on any atom is -0.393 e. The largest absolute Gasteiger partial charge is 0.393 e. The van der Waals surface area contributed by atoms with Gasteiger partial charge in [-0.2, -0.15) is 0 Å². The van der Waals surface area contributed by atoms with E-state index < -0.39 is 11.0 Å². The molecule has 1 heterocycles. The molecule has 0 radical (unpaired) electrons. The standard InChI is InChI=1S/C19H21NO4/c1-13(21)17-11-12-18(14-5-3-2-4-6-14)24-19(17)15-7-9-16(10-8-15)20(22)23/h2-10,13,17-19,21H,11-12H2,1H3. The van der Waals surface area contributed by atoms with Crippen molar-refractivity contribution in [1.29, 1.82) is 0 Å². The fourth-order valence-corrected chi connectivity index (χ4v) is 3.36. The first-order chi connectivity index (χ1) is 11.6. The van der Waals surface area contributed by atoms with Crippen LogP contribution >= 0.6 is 0 Å². The van der Waals surface area contributed by atoms with Gasteiger partial charge in [0, 0.05) is 18.1 Å². The van der Waals surface area contributed by atoms with Crippen molar-refractivity contribution in [3.8, 4) is 0 Å². The Morgan fingerprint density at radius 1 is 1.08 bits per heavy atom. The maximum atomic E-state index is 10.8. The number of nitro groups is 1. The Morgan fingerprint density at radius 2 is 1.75 bits per heavy atom. The molecule has 126 valence electrons. The predicted octanol–water partition coefficient (Wildman–Crippen LogP) is 4.18. The molecule has 24 heavy (non-hydrogen) atoms. The Hall–Kier alpha value is -2.24. The molecule has 2 aromatic rings. The number of nitro benzene ring substituents is 1. The van der Waals surface area contributed by atoms with Gasteiger partial charge in [0.1, 0.15) is 0 Å². The van der Waals surface area contributed by atoms with Crippen molar-refractivity contribution in [2.45, 2.75) is 38.1 Å². The molecule has 0 aliphatic carbocycles. The first-order valence-corrected chi connectivity index (χ1v) is 8.19. The van der Waals surface area contributed by atoms with Crippen LogP contribution in [0.5, 0.6) is 0 Å². The van der Waals surface area contributed by atoms with Gasteiger partial charge < -0.3 is 9.84 Å². The Bertz CT molecular complexity index is 684. The van der Waals surface area contributed by atoms with Gasteiger partial charge in [-0.1, -0.05) is 30.3 Å². The summed E-state index contributed by atoms with van der Waals surface area (Å²) >= 11 is 0. The fourth-order valence-electron chi connectivity index (χ4n) is 3.36. The average Bonchev–Trinajstić information content (AvgIpc) is 2.62. The summed E-state index contributed by atoms with van der Waals surface area (Å²) in [7, 11) is 0. The maximum absolute atomic E-state index is 10.8. The number of nitrogens with zero attached hydrogens (tertiary/aromatic N) is 1. The van der Waals surface area contributed by atoms with Crippen LogP contribution in [0.3, 0.4) is 0 Å². The third-order valence-electron chi connectivity index (χ3n) is 4.69. The van der Waals surface area contributed by atoms with Crippen LogP contribution in [0.15, 0.2) is 54.6 Å². The lowest BCUT2D eigenvalue weighted by Crippen LogP contribution is -2.32. The van der Waals surface area contributed by atoms with E-state index in [4.69, 9.17) is 4.74 Å². The highest BCUT2D eigenvalue weighted by Crippen LogP contribution is 2.43. The number of non-ortho nitro benzene ring substituents is 1. The van der Waals surface area contributed by atoms with Crippen molar-refractivity contribution >= 4 is 5.69 Å². The Kier molecular flexibility index (Phi) is 4.92. The zero-order valence-electron chi connectivity index (χ0n) is 13.5. The normalized spacial score (nSPS) is 25.2. The average molecular weight is 327 g/mol. The van der Waals surface area contributed by atoms with Crippen LogP contribution < -0.4 is 0 Å². The van der Waals surface area contributed by atoms with Crippen molar-refractivity contribution < 1.29 is 14.8 Å². The zero-order chi connectivity index (χ0) is 17.1. The number of benzene rings is 2. The minimum absolute atomic E-state index is 0.0218. The summed E-state index contributed by atoms with van der Waals surface area (Å²) in [4.78, 5) is 10.4. The summed E-state index contributed by atoms with van der Waals surface area (Å²) in [6.45, 7) is 1.77. The maximum Gasteiger partial charge on any atom is 0.269 e. The molecule has 2 aromatic carbocycles. The van der Waals surface area contributed by atoms with Gasteiger partial charge in [-0.15, -0.1) is 0 Å². The monoisotopic (exact) mass is 327 g/mol. The molecule has 1 fully saturated rings. The van der Waals surface area contributed by atoms with Gasteiger partial charge in [0.05, 0.1) is 23.2 Å². The number of hydrogen-bond donors (Lipinski definition) is 1. The number of hydrogen-bond acceptors (Lipinski definition) is 4. The van der Waals surface area contributed by atoms with Crippen LogP contribution in [0.2, 0.25) is 0 Å². The van der Waals surface area contributed by atoms with Crippen LogP contribution in [-0.2, 0) is 4.74 Å². The lowest BCUT2D eigenvalue weighted by atomic mass is 9.83. The second-order valence-electron chi connectivity index (χ2n) is 6.29. The quantitative estimate of drug-likeness (QED) is 0.675. The topological polar surface area (TPSA) is 72.6 Å². The van der Waals surface area contributed by atoms with Crippen LogP contribution in [0, 0.1) is 16.0 Å². The predicted molar refractivity (Wildman–Crippen MR) is 90.5 cm³/mol. The van der Waals surface area contributed by atoms with Crippen LogP contribution in [0.25, 0.3) is 0 Å². The van der Waals surface area contributed by atoms with Crippen molar-refractivity contribution in [2.24, 2.45) is 5.92 Å². The molecule has 1 aliphatic heterocycles. The van der Waals surface area contributed by atoms with E-state index in [1.165, 1.54) is 12.1 Å². The first kappa shape index (κ1) is 16.6. The molecular formula is C19H21NO4. The number of aliphatic hydroxyl groups is 1. The molecule has 4 atom stereocenters. The third kappa shape index (κ3) is 3.47. The number of rotatable bonds is 4. The summed E-state index contributed by atoms with van der Waals surface area (Å²) < 4.78 is 6.30. The van der Waals surface area contributed by atoms with E-state index >= 15 is 0 Å². The Balaban J connectivity index is 1.86. The Labute approximate surface area is 141 Å². The van der Waals surface area contributed by atoms with E-state index in [1.54, 1.807) is 19.1 Å². The summed E-state index contributed by atoms with van der Waals surface area (Å²) in [5, 5.41) is 21.0. The second-order valence-corrected chi connectivity index (χ2v) is 6.29. The van der Waals surface area contributed by atoms with E-state index in [9.17, 15) is 15.2 Å². The lowest BCUT2D eigenvalue weighted by Gasteiger charge is -2.38. The van der Waals surface area contributed by atoms with E-state index in [0.29, 0.717) is 0 Å². The van der Waals surface area contributed by atoms with Gasteiger partial charge in [0.25, 0.3) is 5.69 Å². The lowest BCUT2D eigenvalue weighted by molar-refractivity contribution is -0.384. The molecule has 1 aliphatic rings. The van der Waals surface area contributed by atoms with Gasteiger partial charge in [0.2, 0.25) is 0 Å². The molecule has 3 rings (SSSR count). The first-order valence-electron chi connectivity index (χ1n) is 8.19. The van der Waals surface area contributed by atoms with Crippen molar-refractivity contribution in [3.63, 3.8) is 0 Å². The number of ether oxygens (including phenoxy) is 1. The van der Waals surface area contributed by atoms with Crippen molar-refractivity contribution in [1.82, 2.24) is 0 Å². The van der Waals surface area contributed by atoms with E-state index in [-0.39, 0.29) is 23.8 Å². The minimum atomic E-state index is -0.498.